The van der Waals surface area contributed by atoms with Crippen LogP contribution in [-0.2, 0) is 0 Å². The number of ether oxygens (including phenoxy) is 2. The van der Waals surface area contributed by atoms with Crippen LogP contribution in [0.15, 0.2) is 18.2 Å². The summed E-state index contributed by atoms with van der Waals surface area (Å²) in [5.74, 6) is 1.40. The monoisotopic (exact) mass is 243 g/mol. The molecule has 1 aliphatic carbocycles. The number of hydrogen-bond donors (Lipinski definition) is 1. The van der Waals surface area contributed by atoms with Gasteiger partial charge in [0.2, 0.25) is 6.79 Å². The number of allylic oxidation sites excluding steroid dienone is 1. The van der Waals surface area contributed by atoms with Crippen LogP contribution in [0.1, 0.15) is 35.2 Å². The molecule has 0 bridgehead atoms. The predicted octanol–water partition coefficient (Wildman–Crippen LogP) is 2.09. The minimum absolute atomic E-state index is 0.00708. The Morgan fingerprint density at radius 1 is 1.17 bits per heavy atom. The zero-order chi connectivity index (χ0) is 12.1. The van der Waals surface area contributed by atoms with E-state index in [0.29, 0.717) is 11.3 Å². The molecule has 2 aliphatic heterocycles. The van der Waals surface area contributed by atoms with Gasteiger partial charge >= 0.3 is 0 Å². The SMILES string of the molecule is O=C1NC2CCCC=C2c2cc3c(cc21)OCO3. The normalized spacial score (nSPS) is 23.9. The van der Waals surface area contributed by atoms with Crippen LogP contribution in [-0.4, -0.2) is 18.7 Å². The van der Waals surface area contributed by atoms with E-state index in [1.807, 2.05) is 6.07 Å². The van der Waals surface area contributed by atoms with E-state index in [2.05, 4.69) is 11.4 Å². The molecule has 4 nitrogen and oxygen atoms in total. The van der Waals surface area contributed by atoms with E-state index in [4.69, 9.17) is 9.47 Å². The third-order valence-electron chi connectivity index (χ3n) is 3.81. The van der Waals surface area contributed by atoms with Gasteiger partial charge in [-0.1, -0.05) is 6.08 Å². The highest BCUT2D eigenvalue weighted by molar-refractivity contribution is 6.04. The third kappa shape index (κ3) is 1.29. The maximum atomic E-state index is 12.1. The zero-order valence-corrected chi connectivity index (χ0v) is 9.86. The number of rotatable bonds is 0. The van der Waals surface area contributed by atoms with Gasteiger partial charge in [0.05, 0.1) is 11.6 Å². The Labute approximate surface area is 105 Å². The van der Waals surface area contributed by atoms with Crippen molar-refractivity contribution >= 4 is 11.5 Å². The molecule has 0 saturated heterocycles. The summed E-state index contributed by atoms with van der Waals surface area (Å²) in [5, 5.41) is 3.06. The van der Waals surface area contributed by atoms with Gasteiger partial charge < -0.3 is 14.8 Å². The quantitative estimate of drug-likeness (QED) is 0.759. The van der Waals surface area contributed by atoms with Gasteiger partial charge in [0.15, 0.2) is 11.5 Å². The van der Waals surface area contributed by atoms with E-state index in [-0.39, 0.29) is 18.7 Å². The second kappa shape index (κ2) is 3.51. The molecule has 0 fully saturated rings. The van der Waals surface area contributed by atoms with E-state index in [9.17, 15) is 4.79 Å². The van der Waals surface area contributed by atoms with Crippen molar-refractivity contribution in [1.29, 1.82) is 0 Å². The first-order valence-electron chi connectivity index (χ1n) is 6.28. The third-order valence-corrected chi connectivity index (χ3v) is 3.81. The molecule has 1 N–H and O–H groups in total. The summed E-state index contributed by atoms with van der Waals surface area (Å²) in [7, 11) is 0. The Balaban J connectivity index is 1.93. The lowest BCUT2D eigenvalue weighted by atomic mass is 9.83. The van der Waals surface area contributed by atoms with Crippen molar-refractivity contribution in [2.45, 2.75) is 25.3 Å². The number of hydrogen-bond acceptors (Lipinski definition) is 3. The maximum absolute atomic E-state index is 12.1. The van der Waals surface area contributed by atoms with Gasteiger partial charge in [-0.3, -0.25) is 4.79 Å². The molecule has 0 spiro atoms. The molecule has 3 aliphatic rings. The van der Waals surface area contributed by atoms with Crippen LogP contribution in [0.4, 0.5) is 0 Å². The molecular weight excluding hydrogens is 230 g/mol. The molecule has 1 aromatic carbocycles. The van der Waals surface area contributed by atoms with Crippen LogP contribution in [0.2, 0.25) is 0 Å². The Kier molecular flexibility index (Phi) is 1.95. The second-order valence-electron chi connectivity index (χ2n) is 4.87. The molecule has 4 rings (SSSR count). The molecular formula is C14H13NO3. The van der Waals surface area contributed by atoms with Crippen LogP contribution in [0.3, 0.4) is 0 Å². The van der Waals surface area contributed by atoms with Crippen LogP contribution in [0.5, 0.6) is 11.5 Å². The summed E-state index contributed by atoms with van der Waals surface area (Å²) in [6, 6.07) is 3.90. The summed E-state index contributed by atoms with van der Waals surface area (Å²) in [5.41, 5.74) is 2.94. The number of nitrogens with one attached hydrogen (secondary N) is 1. The summed E-state index contributed by atoms with van der Waals surface area (Å²) < 4.78 is 10.7. The standard InChI is InChI=1S/C14H13NO3/c16-14-10-6-13-12(17-7-18-13)5-9(10)8-3-1-2-4-11(8)15-14/h3,5-6,11H,1-2,4,7H2,(H,15,16). The predicted molar refractivity (Wildman–Crippen MR) is 65.6 cm³/mol. The van der Waals surface area contributed by atoms with Crippen molar-refractivity contribution in [3.8, 4) is 11.5 Å². The summed E-state index contributed by atoms with van der Waals surface area (Å²) in [6.45, 7) is 0.238. The number of carbonyl (C=O) groups excluding carboxylic acids is 1. The fraction of sp³-hybridized carbons (Fsp3) is 0.357. The van der Waals surface area contributed by atoms with Gasteiger partial charge in [0.25, 0.3) is 5.91 Å². The number of benzene rings is 1. The Morgan fingerprint density at radius 2 is 1.94 bits per heavy atom. The number of fused-ring (bicyclic) bond motifs is 4. The molecule has 0 aromatic heterocycles. The molecule has 1 atom stereocenters. The van der Waals surface area contributed by atoms with Gasteiger partial charge in [-0.15, -0.1) is 0 Å². The lowest BCUT2D eigenvalue weighted by Crippen LogP contribution is -2.41. The van der Waals surface area contributed by atoms with Crippen molar-refractivity contribution < 1.29 is 14.3 Å². The first-order chi connectivity index (χ1) is 8.83. The Morgan fingerprint density at radius 3 is 2.78 bits per heavy atom. The minimum atomic E-state index is -0.00708. The van der Waals surface area contributed by atoms with Crippen LogP contribution < -0.4 is 14.8 Å². The Bertz CT molecular complexity index is 577. The highest BCUT2D eigenvalue weighted by atomic mass is 16.7. The number of carbonyl (C=O) groups is 1. The maximum Gasteiger partial charge on any atom is 0.252 e. The topological polar surface area (TPSA) is 47.6 Å². The van der Waals surface area contributed by atoms with Gasteiger partial charge in [0.1, 0.15) is 0 Å². The molecule has 0 radical (unpaired) electrons. The molecule has 1 amide bonds. The van der Waals surface area contributed by atoms with Gasteiger partial charge in [-0.05, 0) is 42.5 Å². The molecule has 4 heteroatoms. The smallest absolute Gasteiger partial charge is 0.252 e. The lowest BCUT2D eigenvalue weighted by molar-refractivity contribution is 0.0937. The van der Waals surface area contributed by atoms with E-state index < -0.39 is 0 Å². The fourth-order valence-electron chi connectivity index (χ4n) is 2.93. The molecule has 18 heavy (non-hydrogen) atoms. The van der Waals surface area contributed by atoms with Crippen LogP contribution in [0.25, 0.3) is 5.57 Å². The van der Waals surface area contributed by atoms with Crippen molar-refractivity contribution in [3.63, 3.8) is 0 Å². The van der Waals surface area contributed by atoms with E-state index in [1.54, 1.807) is 6.07 Å². The van der Waals surface area contributed by atoms with Crippen LogP contribution in [0, 0.1) is 0 Å². The first-order valence-corrected chi connectivity index (χ1v) is 6.28. The molecule has 2 heterocycles. The van der Waals surface area contributed by atoms with E-state index in [1.165, 1.54) is 5.57 Å². The first kappa shape index (κ1) is 10.00. The Hall–Kier alpha value is -1.97. The van der Waals surface area contributed by atoms with E-state index in [0.717, 1.165) is 30.6 Å². The van der Waals surface area contributed by atoms with Gasteiger partial charge in [-0.2, -0.15) is 0 Å². The lowest BCUT2D eigenvalue weighted by Gasteiger charge is -2.31. The molecule has 0 saturated carbocycles. The highest BCUT2D eigenvalue weighted by Crippen LogP contribution is 2.41. The fourth-order valence-corrected chi connectivity index (χ4v) is 2.93. The van der Waals surface area contributed by atoms with Crippen molar-refractivity contribution in [2.24, 2.45) is 0 Å². The minimum Gasteiger partial charge on any atom is -0.454 e. The average molecular weight is 243 g/mol. The molecule has 1 aromatic rings. The van der Waals surface area contributed by atoms with E-state index >= 15 is 0 Å². The zero-order valence-electron chi connectivity index (χ0n) is 9.86. The van der Waals surface area contributed by atoms with Crippen molar-refractivity contribution in [3.05, 3.63) is 29.3 Å². The number of amides is 1. The average Bonchev–Trinajstić information content (AvgIpc) is 2.84. The van der Waals surface area contributed by atoms with Gasteiger partial charge in [0, 0.05) is 0 Å². The van der Waals surface area contributed by atoms with Crippen molar-refractivity contribution in [2.75, 3.05) is 6.79 Å². The summed E-state index contributed by atoms with van der Waals surface area (Å²) in [6.07, 6.45) is 5.46. The second-order valence-corrected chi connectivity index (χ2v) is 4.87. The molecule has 92 valence electrons. The van der Waals surface area contributed by atoms with Gasteiger partial charge in [-0.25, -0.2) is 0 Å². The highest BCUT2D eigenvalue weighted by Gasteiger charge is 2.32. The van der Waals surface area contributed by atoms with Crippen LogP contribution >= 0.6 is 0 Å². The van der Waals surface area contributed by atoms with Crippen molar-refractivity contribution in [1.82, 2.24) is 5.32 Å². The summed E-state index contributed by atoms with van der Waals surface area (Å²) in [4.78, 5) is 12.1. The summed E-state index contributed by atoms with van der Waals surface area (Å²) >= 11 is 0. The molecule has 1 unspecified atom stereocenters. The largest absolute Gasteiger partial charge is 0.454 e.